The Morgan fingerprint density at radius 1 is 0.838 bits per heavy atom. The number of fused-ring (bicyclic) bond motifs is 1. The fraction of sp³-hybridized carbons (Fsp3) is 0.200. The number of pyridine rings is 1. The molecule has 0 radical (unpaired) electrons. The van der Waals surface area contributed by atoms with Crippen molar-refractivity contribution in [1.29, 1.82) is 0 Å². The van der Waals surface area contributed by atoms with Gasteiger partial charge in [0.05, 0.1) is 40.3 Å². The minimum atomic E-state index is -5.02. The summed E-state index contributed by atoms with van der Waals surface area (Å²) in [6.07, 6.45) is -2.16. The minimum absolute atomic E-state index is 0.0656. The molecule has 0 amide bonds. The van der Waals surface area contributed by atoms with Gasteiger partial charge in [0.15, 0.2) is 5.82 Å². The maximum Gasteiger partial charge on any atom is 0.417 e. The summed E-state index contributed by atoms with van der Waals surface area (Å²) < 4.78 is 95.1. The van der Waals surface area contributed by atoms with Crippen LogP contribution in [0.4, 0.5) is 30.7 Å². The molecule has 2 aromatic rings. The first-order chi connectivity index (χ1) is 17.5. The highest BCUT2D eigenvalue weighted by atomic mass is 19.4. The maximum atomic E-state index is 14.2. The fourth-order valence-corrected chi connectivity index (χ4v) is 3.96. The zero-order valence-electron chi connectivity index (χ0n) is 18.8. The van der Waals surface area contributed by atoms with Crippen LogP contribution in [-0.4, -0.2) is 24.7 Å². The number of hydrogen-bond donors (Lipinski definition) is 0. The second-order valence-corrected chi connectivity index (χ2v) is 8.36. The van der Waals surface area contributed by atoms with Crippen LogP contribution in [0.2, 0.25) is 0 Å². The van der Waals surface area contributed by atoms with Crippen molar-refractivity contribution >= 4 is 5.57 Å². The Kier molecular flexibility index (Phi) is 6.04. The van der Waals surface area contributed by atoms with Gasteiger partial charge in [-0.15, -0.1) is 0 Å². The third-order valence-electron chi connectivity index (χ3n) is 5.77. The Morgan fingerprint density at radius 3 is 2.30 bits per heavy atom. The van der Waals surface area contributed by atoms with Crippen LogP contribution < -0.4 is 0 Å². The van der Waals surface area contributed by atoms with E-state index < -0.39 is 29.0 Å². The van der Waals surface area contributed by atoms with Gasteiger partial charge in [-0.1, -0.05) is 18.2 Å². The molecule has 0 saturated heterocycles. The van der Waals surface area contributed by atoms with E-state index in [9.17, 15) is 30.7 Å². The lowest BCUT2D eigenvalue weighted by atomic mass is 10.00. The lowest BCUT2D eigenvalue weighted by Gasteiger charge is -2.15. The molecular weight excluding hydrogens is 503 g/mol. The summed E-state index contributed by atoms with van der Waals surface area (Å²) in [4.78, 5) is 8.76. The van der Waals surface area contributed by atoms with Crippen molar-refractivity contribution in [2.24, 2.45) is 0 Å². The highest BCUT2D eigenvalue weighted by molar-refractivity contribution is 5.75. The predicted molar refractivity (Wildman–Crippen MR) is 120 cm³/mol. The third kappa shape index (κ3) is 5.09. The molecule has 37 heavy (non-hydrogen) atoms. The number of rotatable bonds is 4. The number of halogens is 7. The molecule has 0 fully saturated rings. The van der Waals surface area contributed by atoms with Crippen LogP contribution in [0.25, 0.3) is 28.2 Å². The number of aromatic nitrogens is 5. The van der Waals surface area contributed by atoms with Crippen LogP contribution in [0.1, 0.15) is 35.5 Å². The van der Waals surface area contributed by atoms with Crippen molar-refractivity contribution in [2.45, 2.75) is 31.7 Å². The lowest BCUT2D eigenvalue weighted by Crippen LogP contribution is -2.12. The van der Waals surface area contributed by atoms with Gasteiger partial charge in [-0.25, -0.2) is 14.4 Å². The molecule has 0 N–H and O–H groups in total. The highest BCUT2D eigenvalue weighted by Crippen LogP contribution is 2.40. The molecule has 3 aliphatic rings. The van der Waals surface area contributed by atoms with E-state index in [2.05, 4.69) is 20.2 Å². The Labute approximate surface area is 205 Å². The summed E-state index contributed by atoms with van der Waals surface area (Å²) in [5, 5.41) is 7.77. The molecular formula is C25H16F7N5. The standard InChI is InChI=1S/C25H16F7N5/c26-19-4-2-1-3-17(19)23-33-21-9-10-37(13-22(21)34-23)12-15-6-8-20(36-35-15)16-7-5-14(24(27,28)29)11-18(16)25(30,31)32/h1,3,5-11,13H,2,4,12H2. The monoisotopic (exact) mass is 519 g/mol. The molecule has 5 nitrogen and oxygen atoms in total. The van der Waals surface area contributed by atoms with E-state index in [0.29, 0.717) is 41.6 Å². The lowest BCUT2D eigenvalue weighted by molar-refractivity contribution is -0.142. The zero-order valence-corrected chi connectivity index (χ0v) is 18.8. The molecule has 3 heterocycles. The van der Waals surface area contributed by atoms with E-state index in [1.807, 2.05) is 6.08 Å². The first-order valence-electron chi connectivity index (χ1n) is 11.0. The number of alkyl halides is 6. The fourth-order valence-electron chi connectivity index (χ4n) is 3.96. The summed E-state index contributed by atoms with van der Waals surface area (Å²) in [5.74, 6) is 0.00475. The van der Waals surface area contributed by atoms with Gasteiger partial charge < -0.3 is 4.57 Å². The van der Waals surface area contributed by atoms with E-state index >= 15 is 0 Å². The smallest absolute Gasteiger partial charge is 0.346 e. The van der Waals surface area contributed by atoms with Crippen LogP contribution in [0, 0.1) is 0 Å². The molecule has 190 valence electrons. The molecule has 1 aromatic carbocycles. The van der Waals surface area contributed by atoms with Crippen LogP contribution in [0.5, 0.6) is 0 Å². The van der Waals surface area contributed by atoms with Gasteiger partial charge >= 0.3 is 12.4 Å². The van der Waals surface area contributed by atoms with Gasteiger partial charge in [-0.2, -0.15) is 36.5 Å². The van der Waals surface area contributed by atoms with Gasteiger partial charge in [0.25, 0.3) is 0 Å². The Bertz CT molecular complexity index is 1480. The molecule has 0 unspecified atom stereocenters. The van der Waals surface area contributed by atoms with Crippen molar-refractivity contribution in [1.82, 2.24) is 24.7 Å². The van der Waals surface area contributed by atoms with E-state index in [0.717, 1.165) is 6.07 Å². The van der Waals surface area contributed by atoms with E-state index in [4.69, 9.17) is 0 Å². The quantitative estimate of drug-likeness (QED) is 0.274. The summed E-state index contributed by atoms with van der Waals surface area (Å²) in [7, 11) is 0. The normalized spacial score (nSPS) is 14.6. The van der Waals surface area contributed by atoms with Gasteiger partial charge in [-0.3, -0.25) is 0 Å². The molecule has 5 rings (SSSR count). The second-order valence-electron chi connectivity index (χ2n) is 8.36. The molecule has 0 spiro atoms. The number of imidazole rings is 1. The molecule has 2 aliphatic heterocycles. The highest BCUT2D eigenvalue weighted by Gasteiger charge is 2.38. The van der Waals surface area contributed by atoms with Crippen LogP contribution in [-0.2, 0) is 18.9 Å². The summed E-state index contributed by atoms with van der Waals surface area (Å²) in [6, 6.07) is 5.78. The largest absolute Gasteiger partial charge is 0.417 e. The van der Waals surface area contributed by atoms with Gasteiger partial charge in [0, 0.05) is 24.4 Å². The van der Waals surface area contributed by atoms with Crippen LogP contribution in [0.15, 0.2) is 66.8 Å². The van der Waals surface area contributed by atoms with E-state index in [-0.39, 0.29) is 30.0 Å². The Morgan fingerprint density at radius 2 is 1.62 bits per heavy atom. The summed E-state index contributed by atoms with van der Waals surface area (Å²) >= 11 is 0. The molecule has 1 aromatic heterocycles. The zero-order chi connectivity index (χ0) is 26.4. The minimum Gasteiger partial charge on any atom is -0.346 e. The first-order valence-corrected chi connectivity index (χ1v) is 11.0. The molecule has 12 heteroatoms. The van der Waals surface area contributed by atoms with Gasteiger partial charge in [0.2, 0.25) is 0 Å². The Balaban J connectivity index is 1.40. The number of benzene rings is 1. The van der Waals surface area contributed by atoms with Crippen LogP contribution in [0.3, 0.4) is 0 Å². The average Bonchev–Trinajstić information content (AvgIpc) is 3.26. The molecule has 1 aliphatic carbocycles. The molecule has 0 bridgehead atoms. The maximum absolute atomic E-state index is 14.2. The van der Waals surface area contributed by atoms with Crippen LogP contribution >= 0.6 is 0 Å². The second kappa shape index (κ2) is 9.09. The predicted octanol–water partition coefficient (Wildman–Crippen LogP) is 6.96. The van der Waals surface area contributed by atoms with Gasteiger partial charge in [0.1, 0.15) is 11.5 Å². The van der Waals surface area contributed by atoms with Crippen molar-refractivity contribution < 1.29 is 30.7 Å². The average molecular weight is 519 g/mol. The van der Waals surface area contributed by atoms with Crippen molar-refractivity contribution in [3.05, 3.63) is 89.4 Å². The van der Waals surface area contributed by atoms with Crippen molar-refractivity contribution in [2.75, 3.05) is 0 Å². The number of nitrogens with zero attached hydrogens (tertiary/aromatic N) is 5. The van der Waals surface area contributed by atoms with Crippen molar-refractivity contribution in [3.8, 4) is 22.6 Å². The Hall–Kier alpha value is -4.09. The topological polar surface area (TPSA) is 56.5 Å². The number of allylic oxidation sites excluding steroid dienone is 4. The summed E-state index contributed by atoms with van der Waals surface area (Å²) in [5.41, 5.74) is -1.77. The third-order valence-corrected chi connectivity index (χ3v) is 5.77. The van der Waals surface area contributed by atoms with Crippen molar-refractivity contribution in [3.63, 3.8) is 0 Å². The molecule has 0 atom stereocenters. The SMILES string of the molecule is FC1=C(c2nc3ccn(Cc4ccc(-c5ccc(C(F)(F)F)cc5C(F)(F)F)nn4)cc-3n2)C=CCC1. The number of hydrogen-bond acceptors (Lipinski definition) is 4. The molecule has 0 saturated carbocycles. The van der Waals surface area contributed by atoms with Gasteiger partial charge in [-0.05, 0) is 36.8 Å². The van der Waals surface area contributed by atoms with E-state index in [1.165, 1.54) is 12.1 Å². The summed E-state index contributed by atoms with van der Waals surface area (Å²) in [6.45, 7) is 0.182. The van der Waals surface area contributed by atoms with E-state index in [1.54, 1.807) is 29.1 Å². The first kappa shape index (κ1) is 24.6.